The van der Waals surface area contributed by atoms with Gasteiger partial charge in [-0.2, -0.15) is 0 Å². The lowest BCUT2D eigenvalue weighted by molar-refractivity contribution is 0.0946. The van der Waals surface area contributed by atoms with E-state index in [2.05, 4.69) is 23.3 Å². The second-order valence-electron chi connectivity index (χ2n) is 6.55. The molecular weight excluding hydrogens is 324 g/mol. The molecule has 0 spiro atoms. The molecule has 0 saturated heterocycles. The molecule has 0 fully saturated rings. The van der Waals surface area contributed by atoms with Gasteiger partial charge >= 0.3 is 0 Å². The summed E-state index contributed by atoms with van der Waals surface area (Å²) in [5, 5.41) is 2.97. The van der Waals surface area contributed by atoms with Crippen LogP contribution in [-0.2, 0) is 13.0 Å². The summed E-state index contributed by atoms with van der Waals surface area (Å²) >= 11 is 0. The van der Waals surface area contributed by atoms with E-state index < -0.39 is 0 Å². The number of rotatable bonds is 11. The van der Waals surface area contributed by atoms with Gasteiger partial charge in [0.15, 0.2) is 0 Å². The van der Waals surface area contributed by atoms with E-state index in [0.717, 1.165) is 17.7 Å². The Labute approximate surface area is 157 Å². The molecule has 26 heavy (non-hydrogen) atoms. The molecule has 140 valence electrons. The van der Waals surface area contributed by atoms with Crippen molar-refractivity contribution in [3.8, 4) is 5.75 Å². The summed E-state index contributed by atoms with van der Waals surface area (Å²) in [6.07, 6.45) is 10.3. The third kappa shape index (κ3) is 6.51. The highest BCUT2D eigenvalue weighted by Gasteiger charge is 2.09. The van der Waals surface area contributed by atoms with E-state index in [0.29, 0.717) is 12.2 Å². The average molecular weight is 354 g/mol. The first-order chi connectivity index (χ1) is 12.7. The summed E-state index contributed by atoms with van der Waals surface area (Å²) in [7, 11) is 1.67. The number of nitrogens with zero attached hydrogens (tertiary/aromatic N) is 1. The zero-order chi connectivity index (χ0) is 18.6. The minimum atomic E-state index is -0.154. The maximum atomic E-state index is 12.2. The molecule has 0 bridgehead atoms. The highest BCUT2D eigenvalue weighted by atomic mass is 16.5. The van der Waals surface area contributed by atoms with Gasteiger partial charge in [-0.3, -0.25) is 9.78 Å². The van der Waals surface area contributed by atoms with E-state index in [9.17, 15) is 4.79 Å². The molecule has 0 unspecified atom stereocenters. The van der Waals surface area contributed by atoms with Crippen molar-refractivity contribution in [3.05, 3.63) is 59.4 Å². The van der Waals surface area contributed by atoms with Crippen LogP contribution in [0.2, 0.25) is 0 Å². The van der Waals surface area contributed by atoms with Gasteiger partial charge in [-0.1, -0.05) is 51.2 Å². The number of methoxy groups -OCH3 is 1. The Balaban J connectivity index is 1.93. The Morgan fingerprint density at radius 1 is 1.04 bits per heavy atom. The molecule has 4 nitrogen and oxygen atoms in total. The number of nitrogens with one attached hydrogen (secondary N) is 1. The number of carbonyl (C=O) groups excluding carboxylic acids is 1. The summed E-state index contributed by atoms with van der Waals surface area (Å²) in [5.41, 5.74) is 2.83. The Hall–Kier alpha value is -2.36. The Morgan fingerprint density at radius 3 is 2.58 bits per heavy atom. The van der Waals surface area contributed by atoms with Gasteiger partial charge in [0, 0.05) is 12.7 Å². The lowest BCUT2D eigenvalue weighted by atomic mass is 10.00. The van der Waals surface area contributed by atoms with Crippen LogP contribution in [0.25, 0.3) is 0 Å². The molecule has 1 amide bonds. The molecule has 2 aromatic rings. The molecule has 0 radical (unpaired) electrons. The topological polar surface area (TPSA) is 51.2 Å². The first-order valence-electron chi connectivity index (χ1n) is 9.59. The largest absolute Gasteiger partial charge is 0.497 e. The van der Waals surface area contributed by atoms with Crippen molar-refractivity contribution in [1.29, 1.82) is 0 Å². The van der Waals surface area contributed by atoms with E-state index in [4.69, 9.17) is 4.74 Å². The molecule has 0 aliphatic carbocycles. The minimum absolute atomic E-state index is 0.154. The Morgan fingerprint density at radius 2 is 1.85 bits per heavy atom. The van der Waals surface area contributed by atoms with Crippen molar-refractivity contribution in [2.75, 3.05) is 7.11 Å². The van der Waals surface area contributed by atoms with Crippen LogP contribution in [0.3, 0.4) is 0 Å². The average Bonchev–Trinajstić information content (AvgIpc) is 2.69. The number of carbonyl (C=O) groups is 1. The number of pyridine rings is 1. The molecule has 0 saturated carbocycles. The summed E-state index contributed by atoms with van der Waals surface area (Å²) in [4.78, 5) is 16.3. The molecule has 1 aromatic heterocycles. The Bertz CT molecular complexity index is 671. The maximum Gasteiger partial charge on any atom is 0.270 e. The van der Waals surface area contributed by atoms with Gasteiger partial charge in [-0.25, -0.2) is 0 Å². The van der Waals surface area contributed by atoms with Crippen LogP contribution in [0.5, 0.6) is 5.75 Å². The molecule has 4 heteroatoms. The van der Waals surface area contributed by atoms with Crippen molar-refractivity contribution in [1.82, 2.24) is 10.3 Å². The SMILES string of the molecule is CCCCCCCCc1ccc(OC)cc1CNC(=O)c1ccccn1. The van der Waals surface area contributed by atoms with E-state index in [1.54, 1.807) is 25.4 Å². The number of hydrogen-bond donors (Lipinski definition) is 1. The summed E-state index contributed by atoms with van der Waals surface area (Å²) in [6, 6.07) is 11.5. The fourth-order valence-electron chi connectivity index (χ4n) is 3.00. The summed E-state index contributed by atoms with van der Waals surface area (Å²) < 4.78 is 5.35. The summed E-state index contributed by atoms with van der Waals surface area (Å²) in [5.74, 6) is 0.665. The molecule has 1 N–H and O–H groups in total. The summed E-state index contributed by atoms with van der Waals surface area (Å²) in [6.45, 7) is 2.72. The van der Waals surface area contributed by atoms with Gasteiger partial charge in [0.1, 0.15) is 11.4 Å². The van der Waals surface area contributed by atoms with Crippen LogP contribution in [-0.4, -0.2) is 18.0 Å². The quantitative estimate of drug-likeness (QED) is 0.583. The van der Waals surface area contributed by atoms with Crippen LogP contribution in [0, 0.1) is 0 Å². The van der Waals surface area contributed by atoms with Crippen LogP contribution >= 0.6 is 0 Å². The van der Waals surface area contributed by atoms with Crippen molar-refractivity contribution >= 4 is 5.91 Å². The lowest BCUT2D eigenvalue weighted by Crippen LogP contribution is -2.24. The first kappa shape index (κ1) is 20.0. The second kappa shape index (κ2) is 11.3. The molecular formula is C22H30N2O2. The number of unbranched alkanes of at least 4 members (excludes halogenated alkanes) is 5. The third-order valence-corrected chi connectivity index (χ3v) is 4.55. The highest BCUT2D eigenvalue weighted by Crippen LogP contribution is 2.20. The van der Waals surface area contributed by atoms with Gasteiger partial charge in [-0.05, 0) is 48.2 Å². The number of ether oxygens (including phenoxy) is 1. The number of hydrogen-bond acceptors (Lipinski definition) is 3. The second-order valence-corrected chi connectivity index (χ2v) is 6.55. The fourth-order valence-corrected chi connectivity index (χ4v) is 3.00. The van der Waals surface area contributed by atoms with E-state index in [1.807, 2.05) is 18.2 Å². The van der Waals surface area contributed by atoms with E-state index >= 15 is 0 Å². The molecule has 0 aliphatic rings. The van der Waals surface area contributed by atoms with Crippen molar-refractivity contribution < 1.29 is 9.53 Å². The van der Waals surface area contributed by atoms with E-state index in [1.165, 1.54) is 44.1 Å². The van der Waals surface area contributed by atoms with Gasteiger partial charge in [-0.15, -0.1) is 0 Å². The van der Waals surface area contributed by atoms with Crippen LogP contribution in [0.15, 0.2) is 42.6 Å². The molecule has 0 aliphatic heterocycles. The number of aryl methyl sites for hydroxylation is 1. The zero-order valence-corrected chi connectivity index (χ0v) is 16.0. The minimum Gasteiger partial charge on any atom is -0.497 e. The van der Waals surface area contributed by atoms with Crippen LogP contribution in [0.4, 0.5) is 0 Å². The van der Waals surface area contributed by atoms with E-state index in [-0.39, 0.29) is 5.91 Å². The molecule has 1 heterocycles. The zero-order valence-electron chi connectivity index (χ0n) is 16.0. The molecule has 2 rings (SSSR count). The smallest absolute Gasteiger partial charge is 0.270 e. The van der Waals surface area contributed by atoms with Gasteiger partial charge in [0.2, 0.25) is 0 Å². The van der Waals surface area contributed by atoms with Gasteiger partial charge in [0.05, 0.1) is 7.11 Å². The maximum absolute atomic E-state index is 12.2. The number of amides is 1. The number of benzene rings is 1. The van der Waals surface area contributed by atoms with Crippen LogP contribution < -0.4 is 10.1 Å². The normalized spacial score (nSPS) is 10.5. The lowest BCUT2D eigenvalue weighted by Gasteiger charge is -2.13. The predicted molar refractivity (Wildman–Crippen MR) is 105 cm³/mol. The fraction of sp³-hybridized carbons (Fsp3) is 0.455. The number of aromatic nitrogens is 1. The van der Waals surface area contributed by atoms with Crippen molar-refractivity contribution in [2.45, 2.75) is 58.4 Å². The standard InChI is InChI=1S/C22H30N2O2/c1-3-4-5-6-7-8-11-18-13-14-20(26-2)16-19(18)17-24-22(25)21-12-9-10-15-23-21/h9-10,12-16H,3-8,11,17H2,1-2H3,(H,24,25). The third-order valence-electron chi connectivity index (χ3n) is 4.55. The highest BCUT2D eigenvalue weighted by molar-refractivity contribution is 5.92. The monoisotopic (exact) mass is 354 g/mol. The molecule has 1 aromatic carbocycles. The predicted octanol–water partition coefficient (Wildman–Crippen LogP) is 4.92. The Kier molecular flexibility index (Phi) is 8.67. The molecule has 0 atom stereocenters. The first-order valence-corrected chi connectivity index (χ1v) is 9.59. The van der Waals surface area contributed by atoms with Crippen molar-refractivity contribution in [2.24, 2.45) is 0 Å². The van der Waals surface area contributed by atoms with Gasteiger partial charge < -0.3 is 10.1 Å². The van der Waals surface area contributed by atoms with Crippen molar-refractivity contribution in [3.63, 3.8) is 0 Å². The van der Waals surface area contributed by atoms with Gasteiger partial charge in [0.25, 0.3) is 5.91 Å². The van der Waals surface area contributed by atoms with Crippen LogP contribution in [0.1, 0.15) is 67.1 Å².